The molecule has 1 saturated carbocycles. The molecule has 1 aromatic rings. The molecule has 0 bridgehead atoms. The predicted molar refractivity (Wildman–Crippen MR) is 67.6 cm³/mol. The van der Waals surface area contributed by atoms with Gasteiger partial charge in [0.25, 0.3) is 0 Å². The Morgan fingerprint density at radius 3 is 2.73 bits per heavy atom. The minimum absolute atomic E-state index is 0.724. The average Bonchev–Trinajstić information content (AvgIpc) is 2.64. The highest BCUT2D eigenvalue weighted by Crippen LogP contribution is 2.24. The van der Waals surface area contributed by atoms with Crippen LogP contribution < -0.4 is 5.32 Å². The third-order valence-corrected chi connectivity index (χ3v) is 4.49. The largest absolute Gasteiger partial charge is 0.309 e. The van der Waals surface area contributed by atoms with Gasteiger partial charge in [0, 0.05) is 22.8 Å². The summed E-state index contributed by atoms with van der Waals surface area (Å²) < 4.78 is 0. The molecule has 1 fully saturated rings. The maximum absolute atomic E-state index is 5.88. The highest BCUT2D eigenvalue weighted by Gasteiger charge is 2.17. The summed E-state index contributed by atoms with van der Waals surface area (Å²) in [7, 11) is 0. The van der Waals surface area contributed by atoms with Crippen LogP contribution in [0.5, 0.6) is 0 Å². The summed E-state index contributed by atoms with van der Waals surface area (Å²) in [5.41, 5.74) is 0. The molecular weight excluding hydrogens is 226 g/mol. The molecule has 1 N–H and O–H groups in total. The fourth-order valence-electron chi connectivity index (χ4n) is 2.16. The van der Waals surface area contributed by atoms with Gasteiger partial charge < -0.3 is 5.32 Å². The first-order valence-electron chi connectivity index (χ1n) is 5.70. The Morgan fingerprint density at radius 1 is 1.40 bits per heavy atom. The first-order chi connectivity index (χ1) is 7.24. The van der Waals surface area contributed by atoms with Crippen LogP contribution in [0.2, 0.25) is 5.02 Å². The first-order valence-corrected chi connectivity index (χ1v) is 6.96. The van der Waals surface area contributed by atoms with Gasteiger partial charge in [0.05, 0.1) is 5.02 Å². The average molecular weight is 244 g/mol. The number of hydrogen-bond acceptors (Lipinski definition) is 2. The quantitative estimate of drug-likeness (QED) is 0.844. The summed E-state index contributed by atoms with van der Waals surface area (Å²) in [4.78, 5) is 1.35. The van der Waals surface area contributed by atoms with Crippen molar-refractivity contribution in [2.75, 3.05) is 0 Å². The second-order valence-electron chi connectivity index (χ2n) is 4.57. The van der Waals surface area contributed by atoms with E-state index < -0.39 is 0 Å². The Labute approximate surface area is 101 Å². The van der Waals surface area contributed by atoms with Gasteiger partial charge in [-0.2, -0.15) is 0 Å². The predicted octanol–water partition coefficient (Wildman–Crippen LogP) is 4.07. The molecule has 0 atom stereocenters. The minimum atomic E-state index is 0.724. The van der Waals surface area contributed by atoms with Crippen LogP contribution in [0, 0.1) is 5.92 Å². The molecule has 0 radical (unpaired) electrons. The molecule has 3 heteroatoms. The minimum Gasteiger partial charge on any atom is -0.309 e. The zero-order valence-electron chi connectivity index (χ0n) is 9.13. The summed E-state index contributed by atoms with van der Waals surface area (Å²) in [6.45, 7) is 3.34. The molecule has 15 heavy (non-hydrogen) atoms. The number of thiophene rings is 1. The van der Waals surface area contributed by atoms with Crippen molar-refractivity contribution in [2.45, 2.75) is 45.2 Å². The van der Waals surface area contributed by atoms with Crippen molar-refractivity contribution in [1.29, 1.82) is 0 Å². The summed E-state index contributed by atoms with van der Waals surface area (Å²) >= 11 is 7.63. The highest BCUT2D eigenvalue weighted by molar-refractivity contribution is 7.10. The van der Waals surface area contributed by atoms with E-state index in [1.807, 2.05) is 5.38 Å². The monoisotopic (exact) mass is 243 g/mol. The molecule has 1 aliphatic carbocycles. The van der Waals surface area contributed by atoms with Gasteiger partial charge in [-0.25, -0.2) is 0 Å². The molecule has 1 aromatic heterocycles. The van der Waals surface area contributed by atoms with E-state index in [9.17, 15) is 0 Å². The lowest BCUT2D eigenvalue weighted by Crippen LogP contribution is -2.31. The standard InChI is InChI=1S/C12H18ClNS/c1-9-2-4-11(5-3-9)14-7-12-6-10(13)8-15-12/h6,8-9,11,14H,2-5,7H2,1H3. The zero-order valence-corrected chi connectivity index (χ0v) is 10.7. The smallest absolute Gasteiger partial charge is 0.0516 e. The van der Waals surface area contributed by atoms with Crippen LogP contribution in [0.4, 0.5) is 0 Å². The summed E-state index contributed by atoms with van der Waals surface area (Å²) in [6, 6.07) is 2.78. The van der Waals surface area contributed by atoms with E-state index in [0.29, 0.717) is 0 Å². The Balaban J connectivity index is 1.74. The van der Waals surface area contributed by atoms with Gasteiger partial charge in [-0.1, -0.05) is 18.5 Å². The Kier molecular flexibility index (Phi) is 4.06. The molecule has 84 valence electrons. The van der Waals surface area contributed by atoms with Gasteiger partial charge in [0.15, 0.2) is 0 Å². The third-order valence-electron chi connectivity index (χ3n) is 3.20. The van der Waals surface area contributed by atoms with E-state index in [4.69, 9.17) is 11.6 Å². The number of hydrogen-bond donors (Lipinski definition) is 1. The van der Waals surface area contributed by atoms with Crippen LogP contribution in [0.1, 0.15) is 37.5 Å². The Bertz CT molecular complexity index is 302. The van der Waals surface area contributed by atoms with E-state index in [2.05, 4.69) is 18.3 Å². The third kappa shape index (κ3) is 3.47. The van der Waals surface area contributed by atoms with Crippen molar-refractivity contribution in [2.24, 2.45) is 5.92 Å². The molecule has 2 rings (SSSR count). The summed E-state index contributed by atoms with van der Waals surface area (Å²) in [5, 5.41) is 6.49. The van der Waals surface area contributed by atoms with Gasteiger partial charge in [0.2, 0.25) is 0 Å². The summed E-state index contributed by atoms with van der Waals surface area (Å²) in [6.07, 6.45) is 5.42. The second kappa shape index (κ2) is 5.33. The normalized spacial score (nSPS) is 26.8. The van der Waals surface area contributed by atoms with Crippen molar-refractivity contribution in [1.82, 2.24) is 5.32 Å². The number of rotatable bonds is 3. The summed E-state index contributed by atoms with van der Waals surface area (Å²) in [5.74, 6) is 0.930. The van der Waals surface area contributed by atoms with Gasteiger partial charge in [-0.05, 0) is 37.7 Å². The van der Waals surface area contributed by atoms with Crippen LogP contribution >= 0.6 is 22.9 Å². The van der Waals surface area contributed by atoms with E-state index >= 15 is 0 Å². The lowest BCUT2D eigenvalue weighted by atomic mass is 9.87. The van der Waals surface area contributed by atoms with Crippen molar-refractivity contribution >= 4 is 22.9 Å². The highest BCUT2D eigenvalue weighted by atomic mass is 35.5. The molecule has 0 amide bonds. The molecule has 1 nitrogen and oxygen atoms in total. The Morgan fingerprint density at radius 2 is 2.13 bits per heavy atom. The van der Waals surface area contributed by atoms with Crippen LogP contribution in [0.15, 0.2) is 11.4 Å². The SMILES string of the molecule is CC1CCC(NCc2cc(Cl)cs2)CC1. The van der Waals surface area contributed by atoms with Crippen LogP contribution in [-0.2, 0) is 6.54 Å². The van der Waals surface area contributed by atoms with Crippen LogP contribution in [0.25, 0.3) is 0 Å². The second-order valence-corrected chi connectivity index (χ2v) is 6.00. The van der Waals surface area contributed by atoms with E-state index in [-0.39, 0.29) is 0 Å². The van der Waals surface area contributed by atoms with Crippen molar-refractivity contribution in [3.05, 3.63) is 21.3 Å². The maximum Gasteiger partial charge on any atom is 0.0516 e. The van der Waals surface area contributed by atoms with Gasteiger partial charge in [-0.15, -0.1) is 11.3 Å². The van der Waals surface area contributed by atoms with Crippen LogP contribution in [0.3, 0.4) is 0 Å². The van der Waals surface area contributed by atoms with Crippen molar-refractivity contribution in [3.8, 4) is 0 Å². The zero-order chi connectivity index (χ0) is 10.7. The molecule has 0 aliphatic heterocycles. The molecule has 0 saturated heterocycles. The topological polar surface area (TPSA) is 12.0 Å². The molecule has 0 unspecified atom stereocenters. The first kappa shape index (κ1) is 11.4. The maximum atomic E-state index is 5.88. The van der Waals surface area contributed by atoms with Crippen molar-refractivity contribution < 1.29 is 0 Å². The van der Waals surface area contributed by atoms with Gasteiger partial charge >= 0.3 is 0 Å². The Hall–Kier alpha value is -0.0500. The van der Waals surface area contributed by atoms with Crippen molar-refractivity contribution in [3.63, 3.8) is 0 Å². The number of halogens is 1. The van der Waals surface area contributed by atoms with Gasteiger partial charge in [-0.3, -0.25) is 0 Å². The molecule has 1 aliphatic rings. The van der Waals surface area contributed by atoms with E-state index in [1.54, 1.807) is 11.3 Å². The van der Waals surface area contributed by atoms with E-state index in [0.717, 1.165) is 23.5 Å². The number of nitrogens with one attached hydrogen (secondary N) is 1. The van der Waals surface area contributed by atoms with Crippen LogP contribution in [-0.4, -0.2) is 6.04 Å². The molecule has 0 spiro atoms. The fourth-order valence-corrected chi connectivity index (χ4v) is 3.18. The lowest BCUT2D eigenvalue weighted by Gasteiger charge is -2.26. The molecular formula is C12H18ClNS. The van der Waals surface area contributed by atoms with E-state index in [1.165, 1.54) is 30.6 Å². The lowest BCUT2D eigenvalue weighted by molar-refractivity contribution is 0.307. The molecule has 1 heterocycles. The van der Waals surface area contributed by atoms with Gasteiger partial charge in [0.1, 0.15) is 0 Å². The molecule has 0 aromatic carbocycles. The fraction of sp³-hybridized carbons (Fsp3) is 0.667.